The van der Waals surface area contributed by atoms with Crippen LogP contribution < -0.4 is 5.32 Å². The van der Waals surface area contributed by atoms with E-state index in [1.807, 2.05) is 20.0 Å². The fraction of sp³-hybridized carbons (Fsp3) is 0.500. The average Bonchev–Trinajstić information content (AvgIpc) is 2.26. The number of aryl methyl sites for hydroxylation is 2. The number of nitrogens with zero attached hydrogens (tertiary/aromatic N) is 2. The molecule has 1 atom stereocenters. The topological polar surface area (TPSA) is 37.8 Å². The van der Waals surface area contributed by atoms with Crippen molar-refractivity contribution in [1.82, 2.24) is 15.5 Å². The molecule has 15 heavy (non-hydrogen) atoms. The normalized spacial score (nSPS) is 12.5. The summed E-state index contributed by atoms with van der Waals surface area (Å²) >= 11 is 0. The smallest absolute Gasteiger partial charge is 0.0676 e. The van der Waals surface area contributed by atoms with Gasteiger partial charge < -0.3 is 5.32 Å². The Morgan fingerprint density at radius 3 is 2.80 bits per heavy atom. The third-order valence-electron chi connectivity index (χ3n) is 2.49. The van der Waals surface area contributed by atoms with E-state index in [0.29, 0.717) is 6.04 Å². The van der Waals surface area contributed by atoms with Crippen molar-refractivity contribution in [3.8, 4) is 0 Å². The molecule has 1 aromatic rings. The van der Waals surface area contributed by atoms with Gasteiger partial charge in [0.15, 0.2) is 0 Å². The van der Waals surface area contributed by atoms with E-state index >= 15 is 0 Å². The van der Waals surface area contributed by atoms with Crippen molar-refractivity contribution in [2.75, 3.05) is 7.05 Å². The van der Waals surface area contributed by atoms with Gasteiger partial charge in [-0.2, -0.15) is 10.2 Å². The first kappa shape index (κ1) is 11.9. The number of nitrogens with one attached hydrogen (secondary N) is 1. The van der Waals surface area contributed by atoms with Gasteiger partial charge in [0.05, 0.1) is 11.4 Å². The van der Waals surface area contributed by atoms with E-state index in [-0.39, 0.29) is 0 Å². The summed E-state index contributed by atoms with van der Waals surface area (Å²) in [4.78, 5) is 0. The Balaban J connectivity index is 3.07. The Hall–Kier alpha value is -1.22. The highest BCUT2D eigenvalue weighted by Gasteiger charge is 2.13. The van der Waals surface area contributed by atoms with Gasteiger partial charge in [-0.3, -0.25) is 0 Å². The third-order valence-corrected chi connectivity index (χ3v) is 2.49. The summed E-state index contributed by atoms with van der Waals surface area (Å²) in [5, 5.41) is 11.6. The van der Waals surface area contributed by atoms with Crippen LogP contribution in [-0.2, 0) is 6.42 Å². The number of aromatic nitrogens is 2. The molecule has 82 valence electrons. The SMILES string of the molecule is C=CCC(NC)c1cc(C)nnc1CC. The van der Waals surface area contributed by atoms with E-state index < -0.39 is 0 Å². The second-order valence-electron chi connectivity index (χ2n) is 3.61. The van der Waals surface area contributed by atoms with E-state index in [1.165, 1.54) is 5.56 Å². The van der Waals surface area contributed by atoms with Gasteiger partial charge in [-0.05, 0) is 38.4 Å². The Labute approximate surface area is 91.6 Å². The van der Waals surface area contributed by atoms with Crippen LogP contribution in [0.15, 0.2) is 18.7 Å². The van der Waals surface area contributed by atoms with Crippen LogP contribution in [0.1, 0.15) is 36.3 Å². The number of hydrogen-bond acceptors (Lipinski definition) is 3. The summed E-state index contributed by atoms with van der Waals surface area (Å²) in [6, 6.07) is 2.41. The van der Waals surface area contributed by atoms with E-state index in [9.17, 15) is 0 Å². The lowest BCUT2D eigenvalue weighted by Crippen LogP contribution is -2.18. The van der Waals surface area contributed by atoms with Crippen LogP contribution in [0.4, 0.5) is 0 Å². The Morgan fingerprint density at radius 2 is 2.27 bits per heavy atom. The van der Waals surface area contributed by atoms with Crippen LogP contribution in [0.3, 0.4) is 0 Å². The van der Waals surface area contributed by atoms with Crippen molar-refractivity contribution < 1.29 is 0 Å². The first-order valence-corrected chi connectivity index (χ1v) is 5.34. The molecule has 0 saturated heterocycles. The van der Waals surface area contributed by atoms with Crippen molar-refractivity contribution in [1.29, 1.82) is 0 Å². The molecule has 0 radical (unpaired) electrons. The van der Waals surface area contributed by atoms with Gasteiger partial charge in [0.1, 0.15) is 0 Å². The minimum Gasteiger partial charge on any atom is -0.313 e. The molecule has 0 spiro atoms. The van der Waals surface area contributed by atoms with Crippen LogP contribution in [0.2, 0.25) is 0 Å². The standard InChI is InChI=1S/C12H19N3/c1-5-7-12(13-4)10-8-9(3)14-15-11(10)6-2/h5,8,12-13H,1,6-7H2,2-4H3. The van der Waals surface area contributed by atoms with Crippen LogP contribution in [0.25, 0.3) is 0 Å². The summed E-state index contributed by atoms with van der Waals surface area (Å²) in [5.41, 5.74) is 3.28. The fourth-order valence-electron chi connectivity index (χ4n) is 1.68. The van der Waals surface area contributed by atoms with E-state index in [1.54, 1.807) is 0 Å². The van der Waals surface area contributed by atoms with Crippen molar-refractivity contribution >= 4 is 0 Å². The highest BCUT2D eigenvalue weighted by Crippen LogP contribution is 2.20. The largest absolute Gasteiger partial charge is 0.313 e. The Morgan fingerprint density at radius 1 is 1.53 bits per heavy atom. The molecular formula is C12H19N3. The minimum absolute atomic E-state index is 0.298. The molecule has 1 N–H and O–H groups in total. The molecule has 1 aromatic heterocycles. The molecule has 3 heteroatoms. The monoisotopic (exact) mass is 205 g/mol. The minimum atomic E-state index is 0.298. The second-order valence-corrected chi connectivity index (χ2v) is 3.61. The van der Waals surface area contributed by atoms with Crippen molar-refractivity contribution in [2.24, 2.45) is 0 Å². The van der Waals surface area contributed by atoms with Crippen molar-refractivity contribution in [2.45, 2.75) is 32.7 Å². The quantitative estimate of drug-likeness (QED) is 0.749. The van der Waals surface area contributed by atoms with Crippen LogP contribution in [0, 0.1) is 6.92 Å². The van der Waals surface area contributed by atoms with Gasteiger partial charge in [-0.25, -0.2) is 0 Å². The van der Waals surface area contributed by atoms with Crippen molar-refractivity contribution in [3.63, 3.8) is 0 Å². The zero-order valence-corrected chi connectivity index (χ0v) is 9.75. The van der Waals surface area contributed by atoms with Gasteiger partial charge in [-0.15, -0.1) is 6.58 Å². The van der Waals surface area contributed by atoms with E-state index in [4.69, 9.17) is 0 Å². The molecule has 1 heterocycles. The highest BCUT2D eigenvalue weighted by molar-refractivity contribution is 5.25. The molecular weight excluding hydrogens is 186 g/mol. The summed E-state index contributed by atoms with van der Waals surface area (Å²) < 4.78 is 0. The molecule has 0 bridgehead atoms. The number of rotatable bonds is 5. The lowest BCUT2D eigenvalue weighted by atomic mass is 10.0. The molecule has 0 aromatic carbocycles. The van der Waals surface area contributed by atoms with Crippen LogP contribution in [-0.4, -0.2) is 17.2 Å². The summed E-state index contributed by atoms with van der Waals surface area (Å²) in [6.45, 7) is 7.85. The van der Waals surface area contributed by atoms with Crippen LogP contribution >= 0.6 is 0 Å². The lowest BCUT2D eigenvalue weighted by molar-refractivity contribution is 0.589. The third kappa shape index (κ3) is 2.86. The molecule has 0 aliphatic heterocycles. The van der Waals surface area contributed by atoms with Gasteiger partial charge in [0.25, 0.3) is 0 Å². The Kier molecular flexibility index (Phi) is 4.43. The fourth-order valence-corrected chi connectivity index (χ4v) is 1.68. The summed E-state index contributed by atoms with van der Waals surface area (Å²) in [6.07, 6.45) is 3.75. The summed E-state index contributed by atoms with van der Waals surface area (Å²) in [7, 11) is 1.96. The lowest BCUT2D eigenvalue weighted by Gasteiger charge is -2.17. The molecule has 1 rings (SSSR count). The maximum atomic E-state index is 4.22. The molecule has 0 aliphatic rings. The van der Waals surface area contributed by atoms with Gasteiger partial charge in [0.2, 0.25) is 0 Å². The second kappa shape index (κ2) is 5.61. The van der Waals surface area contributed by atoms with Gasteiger partial charge in [-0.1, -0.05) is 13.0 Å². The molecule has 3 nitrogen and oxygen atoms in total. The highest BCUT2D eigenvalue weighted by atomic mass is 15.1. The zero-order chi connectivity index (χ0) is 11.3. The van der Waals surface area contributed by atoms with Gasteiger partial charge >= 0.3 is 0 Å². The van der Waals surface area contributed by atoms with Crippen molar-refractivity contribution in [3.05, 3.63) is 35.7 Å². The maximum Gasteiger partial charge on any atom is 0.0676 e. The van der Waals surface area contributed by atoms with Gasteiger partial charge in [0, 0.05) is 6.04 Å². The van der Waals surface area contributed by atoms with E-state index in [2.05, 4.69) is 35.1 Å². The molecule has 0 aliphatic carbocycles. The Bertz CT molecular complexity index is 334. The molecule has 0 amide bonds. The average molecular weight is 205 g/mol. The first-order valence-electron chi connectivity index (χ1n) is 5.34. The predicted octanol–water partition coefficient (Wildman–Crippen LogP) is 2.18. The first-order chi connectivity index (χ1) is 7.22. The zero-order valence-electron chi connectivity index (χ0n) is 9.75. The molecule has 0 saturated carbocycles. The predicted molar refractivity (Wildman–Crippen MR) is 62.8 cm³/mol. The number of hydrogen-bond donors (Lipinski definition) is 1. The van der Waals surface area contributed by atoms with Crippen LogP contribution in [0.5, 0.6) is 0 Å². The molecule has 0 fully saturated rings. The maximum absolute atomic E-state index is 4.22. The van der Waals surface area contributed by atoms with E-state index in [0.717, 1.165) is 24.2 Å². The molecule has 1 unspecified atom stereocenters. The summed E-state index contributed by atoms with van der Waals surface area (Å²) in [5.74, 6) is 0.